The average molecular weight is 403 g/mol. The standard InChI is InChI=1S/C24H34O5/c1-14-8-7-9-19-23(14,4)11-10-15(2)24(19,5)13-17-12-18(26)21(29-16(3)25)22(28-6)20(17)27/h12,15,19,26-27H,1,7-11,13H2,2-6H3/t15-,19+,23+,24+/m0/s1. The highest BCUT2D eigenvalue weighted by molar-refractivity contribution is 5.74. The van der Waals surface area contributed by atoms with E-state index in [1.54, 1.807) is 0 Å². The molecule has 29 heavy (non-hydrogen) atoms. The number of carbonyl (C=O) groups is 1. The van der Waals surface area contributed by atoms with Crippen LogP contribution in [0.15, 0.2) is 18.2 Å². The van der Waals surface area contributed by atoms with Gasteiger partial charge in [0.05, 0.1) is 7.11 Å². The molecule has 0 amide bonds. The predicted molar refractivity (Wildman–Crippen MR) is 112 cm³/mol. The number of benzene rings is 1. The molecule has 0 bridgehead atoms. The van der Waals surface area contributed by atoms with Gasteiger partial charge in [0.25, 0.3) is 0 Å². The van der Waals surface area contributed by atoms with Crippen LogP contribution < -0.4 is 9.47 Å². The molecule has 0 heterocycles. The van der Waals surface area contributed by atoms with E-state index in [0.29, 0.717) is 23.8 Å². The first kappa shape index (κ1) is 21.5. The summed E-state index contributed by atoms with van der Waals surface area (Å²) in [5.74, 6) is -0.0791. The number of phenolic OH excluding ortho intramolecular Hbond substituents is 2. The third-order valence-electron chi connectivity index (χ3n) is 7.86. The van der Waals surface area contributed by atoms with Crippen LogP contribution >= 0.6 is 0 Å². The summed E-state index contributed by atoms with van der Waals surface area (Å²) in [6.45, 7) is 12.6. The molecule has 2 N–H and O–H groups in total. The summed E-state index contributed by atoms with van der Waals surface area (Å²) in [7, 11) is 1.39. The number of hydrogen-bond donors (Lipinski definition) is 2. The van der Waals surface area contributed by atoms with E-state index in [9.17, 15) is 15.0 Å². The second kappa shape index (κ2) is 7.58. The molecule has 2 aliphatic rings. The van der Waals surface area contributed by atoms with Gasteiger partial charge in [-0.1, -0.05) is 32.9 Å². The van der Waals surface area contributed by atoms with Crippen LogP contribution in [0.1, 0.15) is 65.4 Å². The van der Waals surface area contributed by atoms with Crippen LogP contribution in [0.5, 0.6) is 23.0 Å². The van der Waals surface area contributed by atoms with E-state index in [4.69, 9.17) is 9.47 Å². The van der Waals surface area contributed by atoms with E-state index >= 15 is 0 Å². The smallest absolute Gasteiger partial charge is 0.308 e. The number of methoxy groups -OCH3 is 1. The van der Waals surface area contributed by atoms with Gasteiger partial charge in [-0.2, -0.15) is 0 Å². The first-order chi connectivity index (χ1) is 13.5. The van der Waals surface area contributed by atoms with Gasteiger partial charge in [-0.25, -0.2) is 0 Å². The molecule has 1 aromatic rings. The third kappa shape index (κ3) is 3.49. The molecule has 5 nitrogen and oxygen atoms in total. The summed E-state index contributed by atoms with van der Waals surface area (Å²) in [5, 5.41) is 21.4. The quantitative estimate of drug-likeness (QED) is 0.306. The van der Waals surface area contributed by atoms with Crippen molar-refractivity contribution in [2.24, 2.45) is 22.7 Å². The molecule has 160 valence electrons. The number of fused-ring (bicyclic) bond motifs is 1. The Morgan fingerprint density at radius 2 is 1.97 bits per heavy atom. The van der Waals surface area contributed by atoms with Crippen LogP contribution in [0, 0.1) is 22.7 Å². The summed E-state index contributed by atoms with van der Waals surface area (Å²) in [4.78, 5) is 11.4. The van der Waals surface area contributed by atoms with Gasteiger partial charge in [0, 0.05) is 12.5 Å². The molecule has 0 aliphatic heterocycles. The maximum atomic E-state index is 11.4. The van der Waals surface area contributed by atoms with Gasteiger partial charge in [0.2, 0.25) is 11.5 Å². The van der Waals surface area contributed by atoms with Crippen molar-refractivity contribution >= 4 is 5.97 Å². The second-order valence-corrected chi connectivity index (χ2v) is 9.45. The molecule has 0 aromatic heterocycles. The Balaban J connectivity index is 2.04. The number of phenols is 2. The minimum absolute atomic E-state index is 0.00178. The van der Waals surface area contributed by atoms with E-state index in [0.717, 1.165) is 32.1 Å². The lowest BCUT2D eigenvalue weighted by atomic mass is 9.46. The number of esters is 1. The molecular formula is C24H34O5. The van der Waals surface area contributed by atoms with Crippen LogP contribution in [-0.4, -0.2) is 23.3 Å². The summed E-state index contributed by atoms with van der Waals surface area (Å²) < 4.78 is 10.4. The fourth-order valence-corrected chi connectivity index (χ4v) is 5.91. The number of hydrogen-bond acceptors (Lipinski definition) is 5. The predicted octanol–water partition coefficient (Wildman–Crippen LogP) is 5.37. The van der Waals surface area contributed by atoms with Crippen molar-refractivity contribution in [3.63, 3.8) is 0 Å². The maximum Gasteiger partial charge on any atom is 0.308 e. The molecule has 2 fully saturated rings. The zero-order valence-electron chi connectivity index (χ0n) is 18.3. The molecule has 0 saturated heterocycles. The number of aromatic hydroxyl groups is 2. The molecule has 2 saturated carbocycles. The Kier molecular flexibility index (Phi) is 5.63. The Bertz CT molecular complexity index is 829. The van der Waals surface area contributed by atoms with Gasteiger partial charge in [-0.05, 0) is 67.3 Å². The number of allylic oxidation sites excluding steroid dienone is 1. The molecule has 2 aliphatic carbocycles. The monoisotopic (exact) mass is 402 g/mol. The summed E-state index contributed by atoms with van der Waals surface area (Å²) in [6.07, 6.45) is 6.25. The van der Waals surface area contributed by atoms with Crippen LogP contribution in [0.25, 0.3) is 0 Å². The van der Waals surface area contributed by atoms with Crippen molar-refractivity contribution in [2.75, 3.05) is 7.11 Å². The van der Waals surface area contributed by atoms with Gasteiger partial charge in [0.15, 0.2) is 11.5 Å². The lowest BCUT2D eigenvalue weighted by Crippen LogP contribution is -2.51. The van der Waals surface area contributed by atoms with Crippen molar-refractivity contribution in [3.8, 4) is 23.0 Å². The highest BCUT2D eigenvalue weighted by Gasteiger charge is 2.54. The summed E-state index contributed by atoms with van der Waals surface area (Å²) in [5.41, 5.74) is 2.01. The van der Waals surface area contributed by atoms with E-state index in [-0.39, 0.29) is 33.8 Å². The van der Waals surface area contributed by atoms with Gasteiger partial charge >= 0.3 is 5.97 Å². The Morgan fingerprint density at radius 1 is 1.28 bits per heavy atom. The molecule has 0 radical (unpaired) electrons. The molecule has 0 unspecified atom stereocenters. The highest BCUT2D eigenvalue weighted by atomic mass is 16.6. The topological polar surface area (TPSA) is 76.0 Å². The Morgan fingerprint density at radius 3 is 2.59 bits per heavy atom. The van der Waals surface area contributed by atoms with Crippen LogP contribution in [0.4, 0.5) is 0 Å². The van der Waals surface area contributed by atoms with Gasteiger partial charge in [-0.3, -0.25) is 4.79 Å². The number of ether oxygens (including phenoxy) is 2. The molecule has 0 spiro atoms. The summed E-state index contributed by atoms with van der Waals surface area (Å²) >= 11 is 0. The summed E-state index contributed by atoms with van der Waals surface area (Å²) in [6, 6.07) is 1.51. The molecule has 4 atom stereocenters. The van der Waals surface area contributed by atoms with Gasteiger partial charge < -0.3 is 19.7 Å². The van der Waals surface area contributed by atoms with Crippen molar-refractivity contribution in [1.82, 2.24) is 0 Å². The van der Waals surface area contributed by atoms with Crippen molar-refractivity contribution in [1.29, 1.82) is 0 Å². The fraction of sp³-hybridized carbons (Fsp3) is 0.625. The zero-order valence-corrected chi connectivity index (χ0v) is 18.3. The SMILES string of the molecule is C=C1CCC[C@H]2[C@](C)(Cc3cc(O)c(OC(C)=O)c(OC)c3O)[C@@H](C)CC[C@]12C. The minimum Gasteiger partial charge on any atom is -0.504 e. The molecule has 5 heteroatoms. The van der Waals surface area contributed by atoms with Crippen LogP contribution in [0.3, 0.4) is 0 Å². The lowest BCUT2D eigenvalue weighted by molar-refractivity contribution is -0.132. The molecule has 1 aromatic carbocycles. The second-order valence-electron chi connectivity index (χ2n) is 9.45. The lowest BCUT2D eigenvalue weighted by Gasteiger charge is -2.58. The third-order valence-corrected chi connectivity index (χ3v) is 7.86. The fourth-order valence-electron chi connectivity index (χ4n) is 5.91. The van der Waals surface area contributed by atoms with Gasteiger partial charge in [0.1, 0.15) is 0 Å². The number of rotatable bonds is 4. The van der Waals surface area contributed by atoms with Gasteiger partial charge in [-0.15, -0.1) is 0 Å². The minimum atomic E-state index is -0.588. The van der Waals surface area contributed by atoms with E-state index in [1.807, 2.05) is 0 Å². The zero-order chi connectivity index (χ0) is 21.6. The first-order valence-electron chi connectivity index (χ1n) is 10.5. The van der Waals surface area contributed by atoms with Crippen molar-refractivity contribution in [2.45, 2.75) is 66.2 Å². The number of carbonyl (C=O) groups excluding carboxylic acids is 1. The van der Waals surface area contributed by atoms with Crippen molar-refractivity contribution in [3.05, 3.63) is 23.8 Å². The van der Waals surface area contributed by atoms with Crippen LogP contribution in [-0.2, 0) is 11.2 Å². The highest BCUT2D eigenvalue weighted by Crippen LogP contribution is 2.63. The first-order valence-corrected chi connectivity index (χ1v) is 10.5. The maximum absolute atomic E-state index is 11.4. The van der Waals surface area contributed by atoms with E-state index < -0.39 is 5.97 Å². The van der Waals surface area contributed by atoms with E-state index in [2.05, 4.69) is 27.4 Å². The van der Waals surface area contributed by atoms with Crippen LogP contribution in [0.2, 0.25) is 0 Å². The largest absolute Gasteiger partial charge is 0.504 e. The van der Waals surface area contributed by atoms with E-state index in [1.165, 1.54) is 25.7 Å². The Hall–Kier alpha value is -2.17. The van der Waals surface area contributed by atoms with Crippen molar-refractivity contribution < 1.29 is 24.5 Å². The molecular weight excluding hydrogens is 368 g/mol. The molecule has 3 rings (SSSR count). The average Bonchev–Trinajstić information content (AvgIpc) is 2.65. The normalized spacial score (nSPS) is 31.8. The Labute approximate surface area is 173 Å².